The van der Waals surface area contributed by atoms with Gasteiger partial charge >= 0.3 is 0 Å². The van der Waals surface area contributed by atoms with Gasteiger partial charge in [-0.3, -0.25) is 0 Å². The van der Waals surface area contributed by atoms with E-state index in [1.165, 1.54) is 0 Å². The Morgan fingerprint density at radius 2 is 1.95 bits per heavy atom. The Labute approximate surface area is 137 Å². The second-order valence-electron chi connectivity index (χ2n) is 6.31. The molecule has 7 nitrogen and oxygen atoms in total. The average Bonchev–Trinajstić information content (AvgIpc) is 2.86. The zero-order valence-electron chi connectivity index (χ0n) is 13.6. The van der Waals surface area contributed by atoms with E-state index in [0.29, 0.717) is 6.61 Å². The highest BCUT2D eigenvalue weighted by atomic mass is 35.5. The van der Waals surface area contributed by atoms with Crippen molar-refractivity contribution in [2.75, 3.05) is 33.9 Å². The van der Waals surface area contributed by atoms with Gasteiger partial charge in [0, 0.05) is 6.61 Å². The molecule has 2 heterocycles. The van der Waals surface area contributed by atoms with Crippen LogP contribution in [0.1, 0.15) is 20.3 Å². The van der Waals surface area contributed by atoms with Crippen LogP contribution >= 0.6 is 12.4 Å². The highest BCUT2D eigenvalue weighted by Gasteiger charge is 2.56. The minimum atomic E-state index is -1.01. The lowest BCUT2D eigenvalue weighted by molar-refractivity contribution is -0.231. The van der Waals surface area contributed by atoms with Crippen LogP contribution in [-0.2, 0) is 18.9 Å². The van der Waals surface area contributed by atoms with Gasteiger partial charge in [0.2, 0.25) is 0 Å². The minimum absolute atomic E-state index is 0. The topological polar surface area (TPSA) is 80.6 Å². The maximum absolute atomic E-state index is 9.88. The number of hydrogen-bond acceptors (Lipinski definition) is 7. The lowest BCUT2D eigenvalue weighted by atomic mass is 10.1. The number of ether oxygens (including phenoxy) is 4. The molecule has 2 aliphatic rings. The van der Waals surface area contributed by atoms with Gasteiger partial charge in [0.15, 0.2) is 12.1 Å². The van der Waals surface area contributed by atoms with Crippen molar-refractivity contribution in [3.8, 4) is 0 Å². The molecule has 0 aromatic rings. The number of aliphatic hydroxyl groups excluding tert-OH is 2. The molecular formula is C14H28ClNO6. The Balaban J connectivity index is 0.00000242. The highest BCUT2D eigenvalue weighted by Crippen LogP contribution is 2.39. The lowest BCUT2D eigenvalue weighted by Gasteiger charge is -2.28. The van der Waals surface area contributed by atoms with Gasteiger partial charge in [0.1, 0.15) is 24.4 Å². The maximum Gasteiger partial charge on any atom is 0.190 e. The standard InChI is InChI=1S/C14H27NO6.ClH/c1-14(2)20-12-11(18-7-5-6-15(3)4)10(9(17)8-16)19-13(12)21-14;/h9-13,16-17H,5-8H2,1-4H3;1H/t9-,10+,11+,12-,13-;/m1./s1. The van der Waals surface area contributed by atoms with E-state index < -0.39 is 30.4 Å². The third kappa shape index (κ3) is 4.75. The maximum atomic E-state index is 9.88. The zero-order valence-corrected chi connectivity index (χ0v) is 14.4. The third-order valence-electron chi connectivity index (χ3n) is 3.65. The monoisotopic (exact) mass is 341 g/mol. The van der Waals surface area contributed by atoms with Gasteiger partial charge in [-0.25, -0.2) is 0 Å². The molecule has 2 rings (SSSR count). The van der Waals surface area contributed by atoms with Gasteiger partial charge < -0.3 is 34.1 Å². The number of halogens is 1. The first-order valence-electron chi connectivity index (χ1n) is 7.40. The molecule has 8 heteroatoms. The van der Waals surface area contributed by atoms with E-state index in [1.54, 1.807) is 0 Å². The molecule has 2 aliphatic heterocycles. The van der Waals surface area contributed by atoms with Crippen LogP contribution in [-0.4, -0.2) is 85.5 Å². The molecule has 2 N–H and O–H groups in total. The molecule has 0 radical (unpaired) electrons. The molecule has 132 valence electrons. The Morgan fingerprint density at radius 1 is 1.27 bits per heavy atom. The van der Waals surface area contributed by atoms with Gasteiger partial charge in [-0.1, -0.05) is 0 Å². The number of hydrogen-bond donors (Lipinski definition) is 2. The van der Waals surface area contributed by atoms with E-state index in [2.05, 4.69) is 4.90 Å². The van der Waals surface area contributed by atoms with Crippen molar-refractivity contribution in [1.82, 2.24) is 4.90 Å². The fourth-order valence-corrected chi connectivity index (χ4v) is 2.71. The summed E-state index contributed by atoms with van der Waals surface area (Å²) in [6.07, 6.45) is -2.17. The molecule has 0 aromatic heterocycles. The molecular weight excluding hydrogens is 314 g/mol. The molecule has 0 unspecified atom stereocenters. The van der Waals surface area contributed by atoms with Crippen molar-refractivity contribution in [3.63, 3.8) is 0 Å². The summed E-state index contributed by atoms with van der Waals surface area (Å²) < 4.78 is 23.0. The molecule has 2 fully saturated rings. The van der Waals surface area contributed by atoms with Crippen LogP contribution in [0.5, 0.6) is 0 Å². The highest BCUT2D eigenvalue weighted by molar-refractivity contribution is 5.85. The minimum Gasteiger partial charge on any atom is -0.394 e. The quantitative estimate of drug-likeness (QED) is 0.630. The summed E-state index contributed by atoms with van der Waals surface area (Å²) in [4.78, 5) is 2.08. The molecule has 0 aliphatic carbocycles. The second kappa shape index (κ2) is 8.21. The van der Waals surface area contributed by atoms with E-state index >= 15 is 0 Å². The molecule has 22 heavy (non-hydrogen) atoms. The Bertz CT molecular complexity index is 343. The number of rotatable bonds is 7. The molecule has 0 bridgehead atoms. The number of aliphatic hydroxyl groups is 2. The fourth-order valence-electron chi connectivity index (χ4n) is 2.71. The van der Waals surface area contributed by atoms with Crippen LogP contribution in [0.25, 0.3) is 0 Å². The smallest absolute Gasteiger partial charge is 0.190 e. The predicted molar refractivity (Wildman–Crippen MR) is 81.9 cm³/mol. The van der Waals surface area contributed by atoms with Crippen molar-refractivity contribution in [3.05, 3.63) is 0 Å². The van der Waals surface area contributed by atoms with E-state index in [-0.39, 0.29) is 25.1 Å². The first kappa shape index (κ1) is 20.1. The second-order valence-corrected chi connectivity index (χ2v) is 6.31. The molecule has 0 saturated carbocycles. The summed E-state index contributed by atoms with van der Waals surface area (Å²) in [5, 5.41) is 19.0. The van der Waals surface area contributed by atoms with Crippen molar-refractivity contribution < 1.29 is 29.2 Å². The van der Waals surface area contributed by atoms with Gasteiger partial charge in [0.25, 0.3) is 0 Å². The summed E-state index contributed by atoms with van der Waals surface area (Å²) >= 11 is 0. The van der Waals surface area contributed by atoms with Crippen molar-refractivity contribution in [1.29, 1.82) is 0 Å². The molecule has 2 saturated heterocycles. The van der Waals surface area contributed by atoms with Crippen molar-refractivity contribution in [2.24, 2.45) is 0 Å². The summed E-state index contributed by atoms with van der Waals surface area (Å²) in [5.74, 6) is -0.726. The summed E-state index contributed by atoms with van der Waals surface area (Å²) in [5.41, 5.74) is 0. The van der Waals surface area contributed by atoms with Crippen LogP contribution in [0.3, 0.4) is 0 Å². The van der Waals surface area contributed by atoms with Crippen LogP contribution in [0.2, 0.25) is 0 Å². The summed E-state index contributed by atoms with van der Waals surface area (Å²) in [7, 11) is 4.01. The van der Waals surface area contributed by atoms with Crippen molar-refractivity contribution in [2.45, 2.75) is 56.8 Å². The third-order valence-corrected chi connectivity index (χ3v) is 3.65. The molecule has 0 amide bonds. The van der Waals surface area contributed by atoms with Crippen LogP contribution < -0.4 is 0 Å². The number of fused-ring (bicyclic) bond motifs is 1. The van der Waals surface area contributed by atoms with Gasteiger partial charge in [0.05, 0.1) is 6.61 Å². The Kier molecular flexibility index (Phi) is 7.48. The van der Waals surface area contributed by atoms with E-state index in [0.717, 1.165) is 13.0 Å². The van der Waals surface area contributed by atoms with Crippen LogP contribution in [0.15, 0.2) is 0 Å². The predicted octanol–water partition coefficient (Wildman–Crippen LogP) is -0.0253. The van der Waals surface area contributed by atoms with Gasteiger partial charge in [-0.05, 0) is 40.9 Å². The first-order chi connectivity index (χ1) is 9.84. The zero-order chi connectivity index (χ0) is 15.6. The summed E-state index contributed by atoms with van der Waals surface area (Å²) in [6, 6.07) is 0. The number of nitrogens with zero attached hydrogens (tertiary/aromatic N) is 1. The largest absolute Gasteiger partial charge is 0.394 e. The molecule has 0 spiro atoms. The Hall–Kier alpha value is 0.01000. The lowest BCUT2D eigenvalue weighted by Crippen LogP contribution is -2.44. The van der Waals surface area contributed by atoms with Gasteiger partial charge in [-0.15, -0.1) is 12.4 Å². The summed E-state index contributed by atoms with van der Waals surface area (Å²) in [6.45, 7) is 4.70. The van der Waals surface area contributed by atoms with Crippen LogP contribution in [0.4, 0.5) is 0 Å². The van der Waals surface area contributed by atoms with Crippen LogP contribution in [0, 0.1) is 0 Å². The normalized spacial score (nSPS) is 34.5. The van der Waals surface area contributed by atoms with E-state index in [9.17, 15) is 5.11 Å². The SMILES string of the molecule is CN(C)CCCO[C@H]1[C@H]([C@H](O)CO)O[C@@H]2OC(C)(C)O[C@@H]21.Cl. The fraction of sp³-hybridized carbons (Fsp3) is 1.00. The van der Waals surface area contributed by atoms with Crippen molar-refractivity contribution >= 4 is 12.4 Å². The van der Waals surface area contributed by atoms with E-state index in [1.807, 2.05) is 27.9 Å². The van der Waals surface area contributed by atoms with E-state index in [4.69, 9.17) is 24.1 Å². The first-order valence-corrected chi connectivity index (χ1v) is 7.40. The van der Waals surface area contributed by atoms with Gasteiger partial charge in [-0.2, -0.15) is 0 Å². The Morgan fingerprint density at radius 3 is 2.55 bits per heavy atom. The average molecular weight is 342 g/mol. The molecule has 5 atom stereocenters. The molecule has 0 aromatic carbocycles.